The number of nitrogens with one attached hydrogen (secondary N) is 2. The Kier molecular flexibility index (Phi) is 5.82. The van der Waals surface area contributed by atoms with Gasteiger partial charge in [-0.05, 0) is 44.4 Å². The van der Waals surface area contributed by atoms with E-state index in [1.165, 1.54) is 5.38 Å². The predicted octanol–water partition coefficient (Wildman–Crippen LogP) is 3.72. The first-order chi connectivity index (χ1) is 16.3. The van der Waals surface area contributed by atoms with Crippen LogP contribution in [0.5, 0.6) is 0 Å². The van der Waals surface area contributed by atoms with Crippen molar-refractivity contribution in [2.75, 3.05) is 23.3 Å². The minimum Gasteiger partial charge on any atom is -0.356 e. The van der Waals surface area contributed by atoms with Crippen molar-refractivity contribution in [3.05, 3.63) is 53.3 Å². The van der Waals surface area contributed by atoms with Crippen LogP contribution in [0.15, 0.2) is 52.1 Å². The Morgan fingerprint density at radius 2 is 1.88 bits per heavy atom. The summed E-state index contributed by atoms with van der Waals surface area (Å²) in [5, 5.41) is 5.52. The van der Waals surface area contributed by atoms with Crippen molar-refractivity contribution in [1.29, 1.82) is 0 Å². The number of aryl methyl sites for hydroxylation is 2. The van der Waals surface area contributed by atoms with Gasteiger partial charge in [0.15, 0.2) is 10.2 Å². The van der Waals surface area contributed by atoms with Crippen LogP contribution in [0.4, 0.5) is 10.9 Å². The summed E-state index contributed by atoms with van der Waals surface area (Å²) in [5.41, 5.74) is 2.87. The van der Waals surface area contributed by atoms with Gasteiger partial charge in [0.1, 0.15) is 17.8 Å². The molecule has 0 spiro atoms. The van der Waals surface area contributed by atoms with E-state index >= 15 is 0 Å². The van der Waals surface area contributed by atoms with Crippen LogP contribution in [0.3, 0.4) is 0 Å². The Morgan fingerprint density at radius 1 is 1.15 bits per heavy atom. The number of hydrogen-bond donors (Lipinski definition) is 2. The molecule has 0 aliphatic carbocycles. The standard InChI is InChI=1S/C23H24N6O3S2/c1-14-3-5-17(6-4-14)34(31,32)18-12-33-23(27-18)28-22(30)16-7-9-29(10-8-16)21-19-15(2)11-24-20(19)25-13-26-21/h3-6,11-13,16H,7-10H2,1-2H3,(H,24,25,26)(H,27,28,30). The normalized spacial score (nSPS) is 15.1. The third-order valence-electron chi connectivity index (χ3n) is 6.13. The lowest BCUT2D eigenvalue weighted by molar-refractivity contribution is -0.120. The molecule has 9 nitrogen and oxygen atoms in total. The van der Waals surface area contributed by atoms with E-state index in [0.29, 0.717) is 31.1 Å². The molecule has 0 saturated carbocycles. The molecule has 1 amide bonds. The highest BCUT2D eigenvalue weighted by molar-refractivity contribution is 7.91. The van der Waals surface area contributed by atoms with E-state index in [9.17, 15) is 13.2 Å². The largest absolute Gasteiger partial charge is 0.356 e. The maximum atomic E-state index is 12.9. The number of piperidine rings is 1. The van der Waals surface area contributed by atoms with E-state index in [2.05, 4.69) is 30.2 Å². The van der Waals surface area contributed by atoms with E-state index in [-0.39, 0.29) is 21.7 Å². The summed E-state index contributed by atoms with van der Waals surface area (Å²) in [6.07, 6.45) is 4.81. The number of carbonyl (C=O) groups excluding carboxylic acids is 1. The molecule has 0 unspecified atom stereocenters. The number of benzene rings is 1. The maximum absolute atomic E-state index is 12.9. The van der Waals surface area contributed by atoms with E-state index < -0.39 is 9.84 Å². The summed E-state index contributed by atoms with van der Waals surface area (Å²) in [6.45, 7) is 5.31. The number of amides is 1. The van der Waals surface area contributed by atoms with Crippen molar-refractivity contribution in [2.45, 2.75) is 36.6 Å². The van der Waals surface area contributed by atoms with Gasteiger partial charge in [0.25, 0.3) is 0 Å². The van der Waals surface area contributed by atoms with Crippen LogP contribution in [0.2, 0.25) is 0 Å². The van der Waals surface area contributed by atoms with E-state index in [1.54, 1.807) is 30.6 Å². The number of aromatic amines is 1. The number of rotatable bonds is 5. The molecule has 176 valence electrons. The number of hydrogen-bond acceptors (Lipinski definition) is 8. The van der Waals surface area contributed by atoms with E-state index in [4.69, 9.17) is 0 Å². The predicted molar refractivity (Wildman–Crippen MR) is 131 cm³/mol. The first kappa shape index (κ1) is 22.5. The van der Waals surface area contributed by atoms with Gasteiger partial charge < -0.3 is 15.2 Å². The van der Waals surface area contributed by atoms with Crippen molar-refractivity contribution in [2.24, 2.45) is 5.92 Å². The number of aromatic nitrogens is 4. The van der Waals surface area contributed by atoms with Crippen LogP contribution in [-0.4, -0.2) is 47.4 Å². The molecule has 4 heterocycles. The van der Waals surface area contributed by atoms with Crippen LogP contribution < -0.4 is 10.2 Å². The molecule has 3 aromatic heterocycles. The number of carbonyl (C=O) groups is 1. The monoisotopic (exact) mass is 496 g/mol. The van der Waals surface area contributed by atoms with Crippen LogP contribution in [0.1, 0.15) is 24.0 Å². The molecule has 0 radical (unpaired) electrons. The molecule has 11 heteroatoms. The topological polar surface area (TPSA) is 121 Å². The Morgan fingerprint density at radius 3 is 2.62 bits per heavy atom. The second-order valence-electron chi connectivity index (χ2n) is 8.45. The summed E-state index contributed by atoms with van der Waals surface area (Å²) >= 11 is 1.11. The molecule has 0 bridgehead atoms. The first-order valence-electron chi connectivity index (χ1n) is 10.9. The Balaban J connectivity index is 1.24. The lowest BCUT2D eigenvalue weighted by Gasteiger charge is -2.32. The van der Waals surface area contributed by atoms with Crippen LogP contribution >= 0.6 is 11.3 Å². The maximum Gasteiger partial charge on any atom is 0.229 e. The van der Waals surface area contributed by atoms with Gasteiger partial charge in [0, 0.05) is 30.6 Å². The van der Waals surface area contributed by atoms with Crippen molar-refractivity contribution >= 4 is 49.1 Å². The third kappa shape index (κ3) is 4.16. The average Bonchev–Trinajstić information content (AvgIpc) is 3.47. The molecule has 1 fully saturated rings. The molecule has 0 atom stereocenters. The third-order valence-corrected chi connectivity index (χ3v) is 8.69. The van der Waals surface area contributed by atoms with Gasteiger partial charge >= 0.3 is 0 Å². The Hall–Kier alpha value is -3.31. The highest BCUT2D eigenvalue weighted by atomic mass is 32.2. The van der Waals surface area contributed by atoms with Crippen molar-refractivity contribution < 1.29 is 13.2 Å². The summed E-state index contributed by atoms with van der Waals surface area (Å²) in [7, 11) is -3.72. The van der Waals surface area contributed by atoms with Gasteiger partial charge in [0.2, 0.25) is 15.7 Å². The highest BCUT2D eigenvalue weighted by Gasteiger charge is 2.28. The zero-order valence-corrected chi connectivity index (χ0v) is 20.4. The fourth-order valence-electron chi connectivity index (χ4n) is 4.18. The fraction of sp³-hybridized carbons (Fsp3) is 0.304. The summed E-state index contributed by atoms with van der Waals surface area (Å²) in [4.78, 5) is 31.3. The second kappa shape index (κ2) is 8.80. The highest BCUT2D eigenvalue weighted by Crippen LogP contribution is 2.30. The molecular weight excluding hydrogens is 472 g/mol. The molecule has 5 rings (SSSR count). The molecular formula is C23H24N6O3S2. The minimum absolute atomic E-state index is 0.0545. The summed E-state index contributed by atoms with van der Waals surface area (Å²) in [5.74, 6) is 0.564. The van der Waals surface area contributed by atoms with Gasteiger partial charge in [-0.25, -0.2) is 23.4 Å². The number of sulfone groups is 1. The molecule has 1 aromatic carbocycles. The van der Waals surface area contributed by atoms with Gasteiger partial charge in [-0.1, -0.05) is 17.7 Å². The van der Waals surface area contributed by atoms with Gasteiger partial charge in [0.05, 0.1) is 10.3 Å². The molecule has 2 N–H and O–H groups in total. The smallest absolute Gasteiger partial charge is 0.229 e. The van der Waals surface area contributed by atoms with Gasteiger partial charge in [-0.2, -0.15) is 0 Å². The zero-order chi connectivity index (χ0) is 23.9. The molecule has 4 aromatic rings. The quantitative estimate of drug-likeness (QED) is 0.432. The summed E-state index contributed by atoms with van der Waals surface area (Å²) < 4.78 is 25.7. The van der Waals surface area contributed by atoms with Crippen LogP contribution in [-0.2, 0) is 14.6 Å². The fourth-order valence-corrected chi connectivity index (χ4v) is 6.41. The Labute approximate surface area is 201 Å². The number of H-pyrrole nitrogens is 1. The van der Waals surface area contributed by atoms with Crippen LogP contribution in [0, 0.1) is 19.8 Å². The van der Waals surface area contributed by atoms with E-state index in [1.807, 2.05) is 20.0 Å². The minimum atomic E-state index is -3.72. The van der Waals surface area contributed by atoms with E-state index in [0.717, 1.165) is 39.3 Å². The SMILES string of the molecule is Cc1ccc(S(=O)(=O)c2csc(NC(=O)C3CCN(c4ncnc5[nH]cc(C)c45)CC3)n2)cc1. The number of thiazole rings is 1. The average molecular weight is 497 g/mol. The zero-order valence-electron chi connectivity index (χ0n) is 18.8. The number of fused-ring (bicyclic) bond motifs is 1. The number of nitrogens with zero attached hydrogens (tertiary/aromatic N) is 4. The van der Waals surface area contributed by atoms with Crippen LogP contribution in [0.25, 0.3) is 11.0 Å². The van der Waals surface area contributed by atoms with Crippen molar-refractivity contribution in [3.8, 4) is 0 Å². The van der Waals surface area contributed by atoms with Gasteiger partial charge in [-0.15, -0.1) is 11.3 Å². The lowest BCUT2D eigenvalue weighted by atomic mass is 9.96. The molecule has 1 saturated heterocycles. The van der Waals surface area contributed by atoms with Crippen molar-refractivity contribution in [1.82, 2.24) is 19.9 Å². The van der Waals surface area contributed by atoms with Gasteiger partial charge in [-0.3, -0.25) is 4.79 Å². The first-order valence-corrected chi connectivity index (χ1v) is 13.3. The molecule has 1 aliphatic heterocycles. The Bertz CT molecular complexity index is 1450. The lowest BCUT2D eigenvalue weighted by Crippen LogP contribution is -2.38. The summed E-state index contributed by atoms with van der Waals surface area (Å²) in [6, 6.07) is 6.63. The number of anilines is 2. The molecule has 1 aliphatic rings. The second-order valence-corrected chi connectivity index (χ2v) is 11.2. The van der Waals surface area contributed by atoms with Crippen molar-refractivity contribution in [3.63, 3.8) is 0 Å². The molecule has 34 heavy (non-hydrogen) atoms.